The number of carbonyl (C=O) groups excluding carboxylic acids is 1. The molecule has 0 saturated carbocycles. The van der Waals surface area contributed by atoms with Crippen LogP contribution in [0, 0.1) is 6.92 Å². The number of nitrogens with zero attached hydrogens (tertiary/aromatic N) is 1. The van der Waals surface area contributed by atoms with E-state index in [4.69, 9.17) is 18.0 Å². The maximum Gasteiger partial charge on any atom is 0.253 e. The molecular weight excluding hydrogens is 288 g/mol. The van der Waals surface area contributed by atoms with Crippen molar-refractivity contribution in [2.45, 2.75) is 24.5 Å². The van der Waals surface area contributed by atoms with Crippen LogP contribution in [0.4, 0.5) is 0 Å². The fourth-order valence-electron chi connectivity index (χ4n) is 2.58. The van der Waals surface area contributed by atoms with Crippen molar-refractivity contribution in [1.82, 2.24) is 4.90 Å². The molecule has 1 aliphatic heterocycles. The summed E-state index contributed by atoms with van der Waals surface area (Å²) >= 11 is 6.90. The van der Waals surface area contributed by atoms with Crippen LogP contribution in [0.25, 0.3) is 0 Å². The number of benzene rings is 1. The normalized spacial score (nSPS) is 17.8. The first-order chi connectivity index (χ1) is 9.48. The summed E-state index contributed by atoms with van der Waals surface area (Å²) in [5.74, 6) is 0.103. The molecule has 1 amide bonds. The minimum atomic E-state index is -0.140. The number of carbonyl (C=O) groups is 1. The number of hydrogen-bond acceptors (Lipinski definition) is 3. The van der Waals surface area contributed by atoms with Crippen molar-refractivity contribution in [3.05, 3.63) is 35.4 Å². The third-order valence-corrected chi connectivity index (χ3v) is 5.89. The van der Waals surface area contributed by atoms with Gasteiger partial charge in [-0.05, 0) is 38.2 Å². The summed E-state index contributed by atoms with van der Waals surface area (Å²) in [5.41, 5.74) is 7.74. The molecule has 108 valence electrons. The Morgan fingerprint density at radius 3 is 2.55 bits per heavy atom. The molecule has 0 bridgehead atoms. The van der Waals surface area contributed by atoms with Gasteiger partial charge in [0.1, 0.15) is 0 Å². The first kappa shape index (κ1) is 15.3. The molecule has 1 aliphatic rings. The quantitative estimate of drug-likeness (QED) is 0.872. The van der Waals surface area contributed by atoms with Crippen molar-refractivity contribution in [3.8, 4) is 0 Å². The maximum atomic E-state index is 12.5. The van der Waals surface area contributed by atoms with E-state index in [-0.39, 0.29) is 10.7 Å². The van der Waals surface area contributed by atoms with Gasteiger partial charge in [-0.3, -0.25) is 4.79 Å². The summed E-state index contributed by atoms with van der Waals surface area (Å²) in [6.07, 6.45) is 3.71. The minimum Gasteiger partial charge on any atom is -0.392 e. The van der Waals surface area contributed by atoms with E-state index < -0.39 is 0 Å². The lowest BCUT2D eigenvalue weighted by Gasteiger charge is -2.40. The van der Waals surface area contributed by atoms with Gasteiger partial charge in [-0.15, -0.1) is 0 Å². The highest BCUT2D eigenvalue weighted by atomic mass is 32.2. The van der Waals surface area contributed by atoms with Gasteiger partial charge >= 0.3 is 0 Å². The molecule has 0 radical (unpaired) electrons. The van der Waals surface area contributed by atoms with Crippen LogP contribution in [0.1, 0.15) is 28.8 Å². The van der Waals surface area contributed by atoms with Gasteiger partial charge in [-0.25, -0.2) is 0 Å². The van der Waals surface area contributed by atoms with Gasteiger partial charge in [-0.1, -0.05) is 29.9 Å². The highest BCUT2D eigenvalue weighted by Crippen LogP contribution is 2.35. The first-order valence-electron chi connectivity index (χ1n) is 6.69. The molecule has 5 heteroatoms. The highest BCUT2D eigenvalue weighted by Gasteiger charge is 2.37. The van der Waals surface area contributed by atoms with Crippen LogP contribution in [-0.2, 0) is 0 Å². The predicted molar refractivity (Wildman–Crippen MR) is 89.3 cm³/mol. The Morgan fingerprint density at radius 2 is 2.05 bits per heavy atom. The Balaban J connectivity index is 2.07. The molecule has 0 aromatic heterocycles. The van der Waals surface area contributed by atoms with E-state index in [1.807, 2.05) is 42.3 Å². The van der Waals surface area contributed by atoms with Crippen LogP contribution in [-0.4, -0.2) is 39.9 Å². The summed E-state index contributed by atoms with van der Waals surface area (Å²) < 4.78 is -0.140. The molecule has 0 unspecified atom stereocenters. The average Bonchev–Trinajstić information content (AvgIpc) is 2.46. The highest BCUT2D eigenvalue weighted by molar-refractivity contribution is 8.02. The van der Waals surface area contributed by atoms with E-state index in [1.165, 1.54) is 0 Å². The Bertz CT molecular complexity index is 522. The second kappa shape index (κ2) is 6.14. The molecule has 20 heavy (non-hydrogen) atoms. The van der Waals surface area contributed by atoms with Gasteiger partial charge in [0.25, 0.3) is 5.91 Å². The SMILES string of the molecule is CSC1(C(N)=S)CCN(C(=O)c2cccc(C)c2)CC1. The number of piperidine rings is 1. The Kier molecular flexibility index (Phi) is 4.70. The largest absolute Gasteiger partial charge is 0.392 e. The number of thioether (sulfide) groups is 1. The van der Waals surface area contributed by atoms with Gasteiger partial charge < -0.3 is 10.6 Å². The molecule has 1 fully saturated rings. The zero-order valence-electron chi connectivity index (χ0n) is 11.9. The van der Waals surface area contributed by atoms with Gasteiger partial charge in [0.15, 0.2) is 0 Å². The zero-order chi connectivity index (χ0) is 14.8. The summed E-state index contributed by atoms with van der Waals surface area (Å²) in [4.78, 5) is 14.9. The van der Waals surface area contributed by atoms with Crippen molar-refractivity contribution < 1.29 is 4.79 Å². The van der Waals surface area contributed by atoms with Crippen molar-refractivity contribution >= 4 is 34.9 Å². The van der Waals surface area contributed by atoms with E-state index in [2.05, 4.69) is 0 Å². The molecule has 1 heterocycles. The van der Waals surface area contributed by atoms with E-state index in [1.54, 1.807) is 11.8 Å². The van der Waals surface area contributed by atoms with Gasteiger partial charge in [0.2, 0.25) is 0 Å². The molecular formula is C15H20N2OS2. The van der Waals surface area contributed by atoms with Crippen molar-refractivity contribution in [2.24, 2.45) is 5.73 Å². The lowest BCUT2D eigenvalue weighted by Crippen LogP contribution is -2.50. The van der Waals surface area contributed by atoms with Crippen LogP contribution in [0.3, 0.4) is 0 Å². The molecule has 1 saturated heterocycles. The minimum absolute atomic E-state index is 0.103. The second-order valence-corrected chi connectivity index (χ2v) is 6.85. The van der Waals surface area contributed by atoms with Crippen molar-refractivity contribution in [2.75, 3.05) is 19.3 Å². The summed E-state index contributed by atoms with van der Waals surface area (Å²) in [5, 5.41) is 0. The van der Waals surface area contributed by atoms with Crippen LogP contribution >= 0.6 is 24.0 Å². The molecule has 2 rings (SSSR count). The first-order valence-corrected chi connectivity index (χ1v) is 8.33. The molecule has 1 aromatic carbocycles. The number of thiocarbonyl (C=S) groups is 1. The third-order valence-electron chi connectivity index (χ3n) is 3.96. The van der Waals surface area contributed by atoms with Crippen LogP contribution in [0.2, 0.25) is 0 Å². The third kappa shape index (κ3) is 2.99. The maximum absolute atomic E-state index is 12.5. The van der Waals surface area contributed by atoms with E-state index in [0.29, 0.717) is 18.1 Å². The molecule has 1 aromatic rings. The number of hydrogen-bond donors (Lipinski definition) is 1. The van der Waals surface area contributed by atoms with Crippen LogP contribution < -0.4 is 5.73 Å². The van der Waals surface area contributed by atoms with Crippen molar-refractivity contribution in [3.63, 3.8) is 0 Å². The summed E-state index contributed by atoms with van der Waals surface area (Å²) in [6.45, 7) is 3.43. The number of aryl methyl sites for hydroxylation is 1. The number of nitrogens with two attached hydrogens (primary N) is 1. The lowest BCUT2D eigenvalue weighted by molar-refractivity contribution is 0.0719. The van der Waals surface area contributed by atoms with Crippen molar-refractivity contribution in [1.29, 1.82) is 0 Å². The van der Waals surface area contributed by atoms with Crippen LogP contribution in [0.5, 0.6) is 0 Å². The summed E-state index contributed by atoms with van der Waals surface area (Å²) in [6, 6.07) is 7.73. The lowest BCUT2D eigenvalue weighted by atomic mass is 9.95. The Hall–Kier alpha value is -1.07. The average molecular weight is 308 g/mol. The molecule has 0 aliphatic carbocycles. The summed E-state index contributed by atoms with van der Waals surface area (Å²) in [7, 11) is 0. The monoisotopic (exact) mass is 308 g/mol. The topological polar surface area (TPSA) is 46.3 Å². The van der Waals surface area contributed by atoms with Crippen LogP contribution in [0.15, 0.2) is 24.3 Å². The standard InChI is InChI=1S/C15H20N2OS2/c1-11-4-3-5-12(10-11)13(18)17-8-6-15(20-2,7-9-17)14(16)19/h3-5,10H,6-9H2,1-2H3,(H2,16,19). The van der Waals surface area contributed by atoms with E-state index >= 15 is 0 Å². The number of rotatable bonds is 3. The fraction of sp³-hybridized carbons (Fsp3) is 0.467. The van der Waals surface area contributed by atoms with Gasteiger partial charge in [-0.2, -0.15) is 11.8 Å². The Morgan fingerprint density at radius 1 is 1.40 bits per heavy atom. The van der Waals surface area contributed by atoms with Gasteiger partial charge in [0, 0.05) is 18.7 Å². The molecule has 3 nitrogen and oxygen atoms in total. The molecule has 0 spiro atoms. The van der Waals surface area contributed by atoms with E-state index in [9.17, 15) is 4.79 Å². The second-order valence-electron chi connectivity index (χ2n) is 5.22. The zero-order valence-corrected chi connectivity index (χ0v) is 13.5. The Labute approximate surface area is 129 Å². The number of likely N-dealkylation sites (tertiary alicyclic amines) is 1. The number of amides is 1. The molecule has 2 N–H and O–H groups in total. The fourth-order valence-corrected chi connectivity index (χ4v) is 3.83. The smallest absolute Gasteiger partial charge is 0.253 e. The molecule has 0 atom stereocenters. The van der Waals surface area contributed by atoms with E-state index in [0.717, 1.165) is 24.0 Å². The van der Waals surface area contributed by atoms with Gasteiger partial charge in [0.05, 0.1) is 9.74 Å². The predicted octanol–water partition coefficient (Wildman–Crippen LogP) is 2.62.